The van der Waals surface area contributed by atoms with E-state index in [2.05, 4.69) is 15.3 Å². The van der Waals surface area contributed by atoms with Gasteiger partial charge in [-0.15, -0.1) is 0 Å². The third-order valence-electron chi connectivity index (χ3n) is 3.07. The van der Waals surface area contributed by atoms with Gasteiger partial charge in [-0.1, -0.05) is 20.3 Å². The zero-order chi connectivity index (χ0) is 15.1. The van der Waals surface area contributed by atoms with Crippen molar-refractivity contribution in [2.24, 2.45) is 5.92 Å². The molecule has 0 aliphatic heterocycles. The van der Waals surface area contributed by atoms with Crippen LogP contribution in [0.15, 0.2) is 18.5 Å². The summed E-state index contributed by atoms with van der Waals surface area (Å²) in [6.07, 6.45) is 3.83. The van der Waals surface area contributed by atoms with Crippen LogP contribution in [-0.4, -0.2) is 46.6 Å². The van der Waals surface area contributed by atoms with Crippen LogP contribution in [0.4, 0.5) is 5.95 Å². The first kappa shape index (κ1) is 15.9. The topological polar surface area (TPSA) is 95.4 Å². The highest BCUT2D eigenvalue weighted by Gasteiger charge is 2.25. The molecule has 110 valence electrons. The number of carboxylic acids is 1. The Bertz CT molecular complexity index is 452. The fourth-order valence-corrected chi connectivity index (χ4v) is 1.68. The lowest BCUT2D eigenvalue weighted by Crippen LogP contribution is -2.48. The number of hydrogen-bond donors (Lipinski definition) is 2. The second-order valence-electron chi connectivity index (χ2n) is 4.67. The molecule has 0 aromatic carbocycles. The monoisotopic (exact) mass is 280 g/mol. The molecule has 1 unspecified atom stereocenters. The minimum absolute atomic E-state index is 0.00419. The lowest BCUT2D eigenvalue weighted by Gasteiger charge is -2.22. The summed E-state index contributed by atoms with van der Waals surface area (Å²) in [5, 5.41) is 11.7. The Morgan fingerprint density at radius 3 is 2.50 bits per heavy atom. The zero-order valence-electron chi connectivity index (χ0n) is 11.9. The molecule has 0 aliphatic rings. The van der Waals surface area contributed by atoms with Gasteiger partial charge in [0, 0.05) is 19.4 Å². The number of aromatic nitrogens is 2. The summed E-state index contributed by atoms with van der Waals surface area (Å²) < 4.78 is 0. The van der Waals surface area contributed by atoms with Gasteiger partial charge in [0.25, 0.3) is 0 Å². The van der Waals surface area contributed by atoms with Crippen molar-refractivity contribution in [2.45, 2.75) is 26.3 Å². The molecule has 0 spiro atoms. The van der Waals surface area contributed by atoms with Gasteiger partial charge in [-0.25, -0.2) is 14.8 Å². The summed E-state index contributed by atoms with van der Waals surface area (Å²) in [5.41, 5.74) is 0. The Morgan fingerprint density at radius 1 is 1.40 bits per heavy atom. The Balaban J connectivity index is 2.60. The summed E-state index contributed by atoms with van der Waals surface area (Å²) in [4.78, 5) is 32.6. The molecule has 7 nitrogen and oxygen atoms in total. The maximum absolute atomic E-state index is 11.9. The standard InChI is InChI=1S/C13H20N4O3/c1-4-9(2)11(12(19)20)16-10(18)8-17(3)13-14-6-5-7-15-13/h5-7,9,11H,4,8H2,1-3H3,(H,16,18)(H,19,20)/t9?,11-/m0/s1. The van der Waals surface area contributed by atoms with Crippen LogP contribution in [0.3, 0.4) is 0 Å². The van der Waals surface area contributed by atoms with Crippen molar-refractivity contribution in [1.29, 1.82) is 0 Å². The highest BCUT2D eigenvalue weighted by atomic mass is 16.4. The van der Waals surface area contributed by atoms with E-state index in [1.807, 2.05) is 6.92 Å². The number of hydrogen-bond acceptors (Lipinski definition) is 5. The predicted molar refractivity (Wildman–Crippen MR) is 74.3 cm³/mol. The fourth-order valence-electron chi connectivity index (χ4n) is 1.68. The van der Waals surface area contributed by atoms with E-state index in [-0.39, 0.29) is 18.4 Å². The molecule has 0 saturated carbocycles. The van der Waals surface area contributed by atoms with E-state index in [1.165, 1.54) is 0 Å². The van der Waals surface area contributed by atoms with Gasteiger partial charge in [0.2, 0.25) is 11.9 Å². The molecule has 1 rings (SSSR count). The second kappa shape index (κ2) is 7.42. The lowest BCUT2D eigenvalue weighted by molar-refractivity contribution is -0.143. The van der Waals surface area contributed by atoms with E-state index >= 15 is 0 Å². The van der Waals surface area contributed by atoms with Crippen molar-refractivity contribution in [2.75, 3.05) is 18.5 Å². The number of carboxylic acid groups (broad SMARTS) is 1. The number of likely N-dealkylation sites (N-methyl/N-ethyl adjacent to an activating group) is 1. The number of nitrogens with one attached hydrogen (secondary N) is 1. The van der Waals surface area contributed by atoms with Crippen LogP contribution in [-0.2, 0) is 9.59 Å². The molecule has 0 saturated heterocycles. The van der Waals surface area contributed by atoms with E-state index in [0.29, 0.717) is 12.4 Å². The van der Waals surface area contributed by atoms with Gasteiger partial charge in [-0.3, -0.25) is 4.79 Å². The first-order valence-corrected chi connectivity index (χ1v) is 6.46. The smallest absolute Gasteiger partial charge is 0.326 e. The number of amides is 1. The second-order valence-corrected chi connectivity index (χ2v) is 4.67. The number of carbonyl (C=O) groups excluding carboxylic acids is 1. The highest BCUT2D eigenvalue weighted by molar-refractivity contribution is 5.86. The minimum Gasteiger partial charge on any atom is -0.480 e. The van der Waals surface area contributed by atoms with Gasteiger partial charge >= 0.3 is 5.97 Å². The number of carbonyl (C=O) groups is 2. The third-order valence-corrected chi connectivity index (χ3v) is 3.07. The van der Waals surface area contributed by atoms with Crippen molar-refractivity contribution in [1.82, 2.24) is 15.3 Å². The minimum atomic E-state index is -1.02. The summed E-state index contributed by atoms with van der Waals surface area (Å²) in [6, 6.07) is 0.804. The molecule has 0 fully saturated rings. The quantitative estimate of drug-likeness (QED) is 0.756. The third kappa shape index (κ3) is 4.49. The normalized spacial score (nSPS) is 13.3. The van der Waals surface area contributed by atoms with Crippen LogP contribution in [0, 0.1) is 5.92 Å². The van der Waals surface area contributed by atoms with E-state index in [0.717, 1.165) is 0 Å². The number of rotatable bonds is 7. The van der Waals surface area contributed by atoms with Crippen molar-refractivity contribution in [3.05, 3.63) is 18.5 Å². The summed E-state index contributed by atoms with van der Waals surface area (Å²) in [6.45, 7) is 3.68. The Morgan fingerprint density at radius 2 is 2.00 bits per heavy atom. The van der Waals surface area contributed by atoms with E-state index in [4.69, 9.17) is 5.11 Å². The molecule has 20 heavy (non-hydrogen) atoms. The zero-order valence-corrected chi connectivity index (χ0v) is 11.9. The van der Waals surface area contributed by atoms with Gasteiger partial charge in [-0.05, 0) is 12.0 Å². The molecule has 0 aliphatic carbocycles. The maximum Gasteiger partial charge on any atom is 0.326 e. The van der Waals surface area contributed by atoms with E-state index < -0.39 is 12.0 Å². The molecule has 0 radical (unpaired) electrons. The molecular formula is C13H20N4O3. The van der Waals surface area contributed by atoms with Gasteiger partial charge in [0.05, 0.1) is 6.54 Å². The van der Waals surface area contributed by atoms with E-state index in [1.54, 1.807) is 37.3 Å². The van der Waals surface area contributed by atoms with Crippen LogP contribution in [0.25, 0.3) is 0 Å². The molecular weight excluding hydrogens is 260 g/mol. The van der Waals surface area contributed by atoms with Crippen LogP contribution < -0.4 is 10.2 Å². The first-order chi connectivity index (χ1) is 9.45. The number of nitrogens with zero attached hydrogens (tertiary/aromatic N) is 3. The van der Waals surface area contributed by atoms with E-state index in [9.17, 15) is 9.59 Å². The first-order valence-electron chi connectivity index (χ1n) is 6.46. The average molecular weight is 280 g/mol. The number of anilines is 1. The van der Waals surface area contributed by atoms with Crippen molar-refractivity contribution >= 4 is 17.8 Å². The Kier molecular flexibility index (Phi) is 5.89. The lowest BCUT2D eigenvalue weighted by atomic mass is 9.99. The van der Waals surface area contributed by atoms with Crippen molar-refractivity contribution in [3.63, 3.8) is 0 Å². The predicted octanol–water partition coefficient (Wildman–Crippen LogP) is 0.528. The SMILES string of the molecule is CCC(C)[C@H](NC(=O)CN(C)c1ncccn1)C(=O)O. The molecule has 7 heteroatoms. The summed E-state index contributed by atoms with van der Waals surface area (Å²) in [7, 11) is 1.67. The Hall–Kier alpha value is -2.18. The molecule has 2 N–H and O–H groups in total. The van der Waals surface area contributed by atoms with Crippen LogP contribution in [0.1, 0.15) is 20.3 Å². The average Bonchev–Trinajstić information content (AvgIpc) is 2.44. The molecule has 1 aromatic rings. The largest absolute Gasteiger partial charge is 0.480 e. The van der Waals surface area contributed by atoms with Gasteiger partial charge in [-0.2, -0.15) is 0 Å². The molecule has 1 heterocycles. The fraction of sp³-hybridized carbons (Fsp3) is 0.538. The van der Waals surface area contributed by atoms with Crippen molar-refractivity contribution < 1.29 is 14.7 Å². The van der Waals surface area contributed by atoms with Gasteiger partial charge < -0.3 is 15.3 Å². The molecule has 0 bridgehead atoms. The summed E-state index contributed by atoms with van der Waals surface area (Å²) >= 11 is 0. The highest BCUT2D eigenvalue weighted by Crippen LogP contribution is 2.08. The maximum atomic E-state index is 11.9. The molecule has 2 atom stereocenters. The number of aliphatic carboxylic acids is 1. The van der Waals surface area contributed by atoms with Gasteiger partial charge in [0.1, 0.15) is 6.04 Å². The Labute approximate surface area is 118 Å². The molecule has 1 amide bonds. The van der Waals surface area contributed by atoms with Crippen LogP contribution in [0.2, 0.25) is 0 Å². The summed E-state index contributed by atoms with van der Waals surface area (Å²) in [5.74, 6) is -1.10. The van der Waals surface area contributed by atoms with Crippen LogP contribution >= 0.6 is 0 Å². The van der Waals surface area contributed by atoms with Crippen molar-refractivity contribution in [3.8, 4) is 0 Å². The van der Waals surface area contributed by atoms with Crippen LogP contribution in [0.5, 0.6) is 0 Å². The van der Waals surface area contributed by atoms with Gasteiger partial charge in [0.15, 0.2) is 0 Å². The molecule has 1 aromatic heterocycles.